The van der Waals surface area contributed by atoms with Gasteiger partial charge in [-0.15, -0.1) is 0 Å². The summed E-state index contributed by atoms with van der Waals surface area (Å²) >= 11 is 0. The van der Waals surface area contributed by atoms with E-state index in [1.165, 1.54) is 6.20 Å². The summed E-state index contributed by atoms with van der Waals surface area (Å²) in [7, 11) is 0. The first-order valence-electron chi connectivity index (χ1n) is 4.43. The number of carbonyl (C=O) groups is 1. The van der Waals surface area contributed by atoms with Crippen molar-refractivity contribution in [2.75, 3.05) is 0 Å². The van der Waals surface area contributed by atoms with Gasteiger partial charge in [-0.2, -0.15) is 0 Å². The summed E-state index contributed by atoms with van der Waals surface area (Å²) in [5.41, 5.74) is 1.74. The van der Waals surface area contributed by atoms with E-state index in [1.807, 2.05) is 0 Å². The molecule has 1 heterocycles. The van der Waals surface area contributed by atoms with Crippen molar-refractivity contribution >= 4 is 5.78 Å². The zero-order valence-corrected chi connectivity index (χ0v) is 7.82. The Kier molecular flexibility index (Phi) is 2.04. The highest BCUT2D eigenvalue weighted by Crippen LogP contribution is 2.22. The number of allylic oxidation sites excluding steroid dienone is 1. The van der Waals surface area contributed by atoms with Gasteiger partial charge in [0.2, 0.25) is 0 Å². The van der Waals surface area contributed by atoms with E-state index >= 15 is 0 Å². The van der Waals surface area contributed by atoms with Gasteiger partial charge in [0.25, 0.3) is 0 Å². The zero-order chi connectivity index (χ0) is 10.1. The topological polar surface area (TPSA) is 63.1 Å². The van der Waals surface area contributed by atoms with Gasteiger partial charge in [-0.25, -0.2) is 9.97 Å². The van der Waals surface area contributed by atoms with Crippen LogP contribution in [0.25, 0.3) is 0 Å². The van der Waals surface area contributed by atoms with Gasteiger partial charge in [-0.3, -0.25) is 4.79 Å². The predicted octanol–water partition coefficient (Wildman–Crippen LogP) is 1.36. The third-order valence-electron chi connectivity index (χ3n) is 2.31. The summed E-state index contributed by atoms with van der Waals surface area (Å²) in [5.74, 6) is 0.515. The molecule has 0 radical (unpaired) electrons. The van der Waals surface area contributed by atoms with Crippen LogP contribution in [-0.2, 0) is 6.42 Å². The van der Waals surface area contributed by atoms with E-state index in [2.05, 4.69) is 9.97 Å². The van der Waals surface area contributed by atoms with E-state index in [0.717, 1.165) is 12.0 Å². The lowest BCUT2D eigenvalue weighted by molar-refractivity contribution is 0.102. The van der Waals surface area contributed by atoms with Crippen molar-refractivity contribution in [2.45, 2.75) is 19.8 Å². The fourth-order valence-corrected chi connectivity index (χ4v) is 1.56. The number of aliphatic hydroxyl groups excluding tert-OH is 1. The maximum absolute atomic E-state index is 11.7. The number of hydrogen-bond acceptors (Lipinski definition) is 4. The minimum Gasteiger partial charge on any atom is -0.515 e. The molecule has 0 saturated heterocycles. The van der Waals surface area contributed by atoms with Crippen molar-refractivity contribution in [1.82, 2.24) is 9.97 Å². The molecule has 0 bridgehead atoms. The molecule has 0 fully saturated rings. The van der Waals surface area contributed by atoms with Crippen molar-refractivity contribution in [3.05, 3.63) is 35.1 Å². The van der Waals surface area contributed by atoms with E-state index in [1.54, 1.807) is 6.92 Å². The normalized spacial score (nSPS) is 18.4. The predicted molar refractivity (Wildman–Crippen MR) is 50.1 cm³/mol. The van der Waals surface area contributed by atoms with Gasteiger partial charge in [0.15, 0.2) is 5.78 Å². The summed E-state index contributed by atoms with van der Waals surface area (Å²) in [6.45, 7) is 1.79. The first-order valence-corrected chi connectivity index (χ1v) is 4.43. The first-order chi connectivity index (χ1) is 6.72. The molecule has 0 aliphatic heterocycles. The Hall–Kier alpha value is -1.71. The molecule has 1 aromatic heterocycles. The van der Waals surface area contributed by atoms with Crippen LogP contribution in [0.5, 0.6) is 0 Å². The van der Waals surface area contributed by atoms with Crippen LogP contribution in [-0.4, -0.2) is 20.9 Å². The number of Topliss-reactive ketones (excluding diaryl/α,β-unsaturated/α-hetero) is 1. The molecule has 0 amide bonds. The molecule has 0 saturated carbocycles. The minimum absolute atomic E-state index is 0.159. The van der Waals surface area contributed by atoms with Crippen LogP contribution in [0.15, 0.2) is 18.0 Å². The Balaban J connectivity index is 2.52. The smallest absolute Gasteiger partial charge is 0.195 e. The summed E-state index contributed by atoms with van der Waals surface area (Å²) in [6, 6.07) is 0. The second-order valence-electron chi connectivity index (χ2n) is 3.26. The average Bonchev–Trinajstić information content (AvgIpc) is 2.18. The van der Waals surface area contributed by atoms with Crippen LogP contribution in [0.1, 0.15) is 28.3 Å². The first kappa shape index (κ1) is 8.87. The van der Waals surface area contributed by atoms with E-state index in [-0.39, 0.29) is 5.78 Å². The molecule has 2 rings (SSSR count). The van der Waals surface area contributed by atoms with Crippen molar-refractivity contribution in [3.8, 4) is 0 Å². The summed E-state index contributed by atoms with van der Waals surface area (Å²) in [6.07, 6.45) is 3.66. The molecule has 0 atom stereocenters. The van der Waals surface area contributed by atoms with Crippen LogP contribution in [0, 0.1) is 6.92 Å². The Morgan fingerprint density at radius 1 is 1.50 bits per heavy atom. The summed E-state index contributed by atoms with van der Waals surface area (Å²) < 4.78 is 0. The Labute approximate surface area is 81.3 Å². The Bertz CT molecular complexity index is 424. The fraction of sp³-hybridized carbons (Fsp3) is 0.300. The number of aromatic nitrogens is 2. The molecular weight excluding hydrogens is 180 g/mol. The summed E-state index contributed by atoms with van der Waals surface area (Å²) in [4.78, 5) is 19.8. The lowest BCUT2D eigenvalue weighted by Gasteiger charge is -2.14. The minimum atomic E-state index is -0.159. The number of hydrogen-bond donors (Lipinski definition) is 1. The number of rotatable bonds is 0. The molecule has 1 N–H and O–H groups in total. The monoisotopic (exact) mass is 190 g/mol. The van der Waals surface area contributed by atoms with Crippen LogP contribution in [0.3, 0.4) is 0 Å². The van der Waals surface area contributed by atoms with Gasteiger partial charge in [-0.1, -0.05) is 0 Å². The van der Waals surface area contributed by atoms with Crippen molar-refractivity contribution in [3.63, 3.8) is 0 Å². The fourth-order valence-electron chi connectivity index (χ4n) is 1.56. The Morgan fingerprint density at radius 3 is 3.00 bits per heavy atom. The molecule has 1 aliphatic carbocycles. The number of ketones is 1. The maximum Gasteiger partial charge on any atom is 0.195 e. The average molecular weight is 190 g/mol. The van der Waals surface area contributed by atoms with Crippen LogP contribution in [0.4, 0.5) is 0 Å². The van der Waals surface area contributed by atoms with E-state index in [9.17, 15) is 4.79 Å². The van der Waals surface area contributed by atoms with Crippen LogP contribution in [0.2, 0.25) is 0 Å². The molecule has 4 heteroatoms. The van der Waals surface area contributed by atoms with Gasteiger partial charge in [-0.05, 0) is 19.8 Å². The van der Waals surface area contributed by atoms with Gasteiger partial charge in [0.05, 0.1) is 17.5 Å². The van der Waals surface area contributed by atoms with Gasteiger partial charge in [0, 0.05) is 11.8 Å². The number of aryl methyl sites for hydroxylation is 2. The quantitative estimate of drug-likeness (QED) is 0.495. The second kappa shape index (κ2) is 3.21. The third kappa shape index (κ3) is 1.28. The van der Waals surface area contributed by atoms with E-state index in [0.29, 0.717) is 29.8 Å². The lowest BCUT2D eigenvalue weighted by atomic mass is 9.92. The van der Waals surface area contributed by atoms with E-state index in [4.69, 9.17) is 5.11 Å². The van der Waals surface area contributed by atoms with Gasteiger partial charge >= 0.3 is 0 Å². The molecular formula is C10H10N2O2. The molecule has 0 aromatic carbocycles. The number of fused-ring (bicyclic) bond motifs is 1. The second-order valence-corrected chi connectivity index (χ2v) is 3.26. The zero-order valence-electron chi connectivity index (χ0n) is 7.82. The molecule has 72 valence electrons. The third-order valence-corrected chi connectivity index (χ3v) is 2.31. The van der Waals surface area contributed by atoms with Crippen molar-refractivity contribution in [1.29, 1.82) is 0 Å². The molecule has 1 aromatic rings. The number of aliphatic hydroxyl groups is 1. The van der Waals surface area contributed by atoms with Crippen molar-refractivity contribution < 1.29 is 9.90 Å². The molecule has 0 spiro atoms. The number of carbonyl (C=O) groups excluding carboxylic acids is 1. The molecule has 4 nitrogen and oxygen atoms in total. The van der Waals surface area contributed by atoms with Gasteiger partial charge in [0.1, 0.15) is 5.82 Å². The number of nitrogens with zero attached hydrogens (tertiary/aromatic N) is 2. The lowest BCUT2D eigenvalue weighted by Crippen LogP contribution is -2.16. The molecule has 0 unspecified atom stereocenters. The molecule has 1 aliphatic rings. The van der Waals surface area contributed by atoms with Crippen LogP contribution < -0.4 is 0 Å². The largest absolute Gasteiger partial charge is 0.515 e. The van der Waals surface area contributed by atoms with Gasteiger partial charge < -0.3 is 5.11 Å². The SMILES string of the molecule is Cc1ncc2c(n1)CCC(=CO)C2=O. The highest BCUT2D eigenvalue weighted by Gasteiger charge is 2.23. The van der Waals surface area contributed by atoms with E-state index < -0.39 is 0 Å². The highest BCUT2D eigenvalue weighted by atomic mass is 16.2. The van der Waals surface area contributed by atoms with Crippen LogP contribution >= 0.6 is 0 Å². The van der Waals surface area contributed by atoms with Crippen molar-refractivity contribution in [2.24, 2.45) is 0 Å². The Morgan fingerprint density at radius 2 is 2.29 bits per heavy atom. The summed E-state index contributed by atoms with van der Waals surface area (Å²) in [5, 5.41) is 8.82. The standard InChI is InChI=1S/C10H10N2O2/c1-6-11-4-8-9(12-6)3-2-7(5-13)10(8)14/h4-5,13H,2-3H2,1H3. The molecule has 14 heavy (non-hydrogen) atoms. The highest BCUT2D eigenvalue weighted by molar-refractivity contribution is 6.10. The maximum atomic E-state index is 11.7.